The van der Waals surface area contributed by atoms with Gasteiger partial charge in [-0.05, 0) is 68.7 Å². The lowest BCUT2D eigenvalue weighted by molar-refractivity contribution is -0.137. The Morgan fingerprint density at radius 1 is 1.10 bits per heavy atom. The van der Waals surface area contributed by atoms with Crippen molar-refractivity contribution in [1.29, 1.82) is 5.26 Å². The van der Waals surface area contributed by atoms with Gasteiger partial charge >= 0.3 is 6.18 Å². The Morgan fingerprint density at radius 3 is 2.05 bits per heavy atom. The highest BCUT2D eigenvalue weighted by atomic mass is 19.4. The van der Waals surface area contributed by atoms with Crippen LogP contribution < -0.4 is 5.32 Å². The first kappa shape index (κ1) is 34.5. The molecule has 1 N–H and O–H groups in total. The minimum atomic E-state index is -4.51. The summed E-state index contributed by atoms with van der Waals surface area (Å²) in [4.78, 5) is 26.5. The highest BCUT2D eigenvalue weighted by Crippen LogP contribution is 2.34. The molecule has 2 saturated carbocycles. The van der Waals surface area contributed by atoms with Gasteiger partial charge in [-0.25, -0.2) is 0 Å². The third-order valence-corrected chi connectivity index (χ3v) is 6.72. The van der Waals surface area contributed by atoms with Crippen molar-refractivity contribution in [2.45, 2.75) is 98.2 Å². The van der Waals surface area contributed by atoms with Crippen LogP contribution >= 0.6 is 0 Å². The van der Waals surface area contributed by atoms with Crippen molar-refractivity contribution in [3.05, 3.63) is 58.7 Å². The van der Waals surface area contributed by atoms with E-state index in [4.69, 9.17) is 4.79 Å². The maximum Gasteiger partial charge on any atom is 0.417 e. The van der Waals surface area contributed by atoms with Crippen molar-refractivity contribution in [3.63, 3.8) is 0 Å². The molecule has 2 fully saturated rings. The smallest absolute Gasteiger partial charge is 0.354 e. The molecule has 2 heterocycles. The number of aromatic nitrogens is 2. The van der Waals surface area contributed by atoms with Crippen molar-refractivity contribution >= 4 is 23.8 Å². The van der Waals surface area contributed by atoms with Crippen LogP contribution in [0.4, 0.5) is 13.2 Å². The van der Waals surface area contributed by atoms with Crippen LogP contribution in [0.3, 0.4) is 0 Å². The van der Waals surface area contributed by atoms with Crippen molar-refractivity contribution in [2.24, 2.45) is 5.92 Å². The zero-order valence-corrected chi connectivity index (χ0v) is 24.2. The number of carbonyl (C=O) groups is 2. The standard InChI is InChI=1S/C19H18F3N3.C6H11NO.C5H10.CH2O/c1-4-5-15(18-7-6-12(2)10-25-18)17(9-23)16-8-14(19(20,21)22)11-24-13(16)3;1-5(8)7-6-3-2-4-6;1-5-3-2-4-5;1-2/h6-8,10-11H,4-5H2,1-3H3;6H,2-4H2,1H3,(H,7,8);5H,2-4H2,1H3;1H2/b17-15+;;;. The van der Waals surface area contributed by atoms with Crippen LogP contribution in [0.5, 0.6) is 0 Å². The van der Waals surface area contributed by atoms with Crippen molar-refractivity contribution in [1.82, 2.24) is 15.3 Å². The molecule has 2 aromatic heterocycles. The Balaban J connectivity index is 0.000000431. The Labute approximate surface area is 236 Å². The van der Waals surface area contributed by atoms with Gasteiger partial charge in [0.25, 0.3) is 0 Å². The van der Waals surface area contributed by atoms with Gasteiger partial charge in [0.15, 0.2) is 0 Å². The molecule has 218 valence electrons. The molecule has 0 aliphatic heterocycles. The van der Waals surface area contributed by atoms with Crippen LogP contribution in [-0.2, 0) is 15.8 Å². The number of alkyl halides is 3. The second-order valence-electron chi connectivity index (χ2n) is 10.2. The molecule has 6 nitrogen and oxygen atoms in total. The molecule has 1 amide bonds. The summed E-state index contributed by atoms with van der Waals surface area (Å²) in [6, 6.07) is 7.22. The van der Waals surface area contributed by atoms with Crippen molar-refractivity contribution < 1.29 is 22.8 Å². The Kier molecular flexibility index (Phi) is 14.8. The monoisotopic (exact) mass is 558 g/mol. The van der Waals surface area contributed by atoms with E-state index in [2.05, 4.69) is 28.3 Å². The topological polar surface area (TPSA) is 95.7 Å². The molecular weight excluding hydrogens is 517 g/mol. The molecular formula is C31H41F3N4O2. The number of amides is 1. The zero-order valence-electron chi connectivity index (χ0n) is 24.2. The maximum atomic E-state index is 13.0. The summed E-state index contributed by atoms with van der Waals surface area (Å²) in [7, 11) is 0. The van der Waals surface area contributed by atoms with E-state index in [9.17, 15) is 23.2 Å². The van der Waals surface area contributed by atoms with Gasteiger partial charge in [-0.1, -0.05) is 45.6 Å². The summed E-state index contributed by atoms with van der Waals surface area (Å²) in [5.74, 6) is 1.17. The first-order valence-electron chi connectivity index (χ1n) is 13.6. The average molecular weight is 559 g/mol. The number of nitrogens with one attached hydrogen (secondary N) is 1. The number of pyridine rings is 2. The molecule has 0 unspecified atom stereocenters. The van der Waals surface area contributed by atoms with E-state index in [0.717, 1.165) is 30.2 Å². The lowest BCUT2D eigenvalue weighted by Gasteiger charge is -2.25. The largest absolute Gasteiger partial charge is 0.417 e. The van der Waals surface area contributed by atoms with Gasteiger partial charge < -0.3 is 10.1 Å². The van der Waals surface area contributed by atoms with Crippen LogP contribution in [0.2, 0.25) is 0 Å². The second kappa shape index (κ2) is 17.2. The molecule has 0 atom stereocenters. The molecule has 0 aromatic carbocycles. The van der Waals surface area contributed by atoms with E-state index in [1.807, 2.05) is 26.7 Å². The number of carbonyl (C=O) groups excluding carboxylic acids is 2. The molecule has 0 saturated heterocycles. The molecule has 40 heavy (non-hydrogen) atoms. The van der Waals surface area contributed by atoms with Crippen LogP contribution in [0.25, 0.3) is 11.1 Å². The Bertz CT molecular complexity index is 1150. The number of nitrogens with zero attached hydrogens (tertiary/aromatic N) is 3. The van der Waals surface area contributed by atoms with Crippen LogP contribution in [0.15, 0.2) is 30.6 Å². The lowest BCUT2D eigenvalue weighted by Crippen LogP contribution is -2.37. The van der Waals surface area contributed by atoms with Crippen molar-refractivity contribution in [2.75, 3.05) is 0 Å². The third kappa shape index (κ3) is 11.3. The zero-order chi connectivity index (χ0) is 30.3. The molecule has 4 rings (SSSR count). The number of rotatable bonds is 5. The van der Waals surface area contributed by atoms with E-state index in [1.54, 1.807) is 26.1 Å². The van der Waals surface area contributed by atoms with Crippen LogP contribution in [0, 0.1) is 31.1 Å². The number of hydrogen-bond acceptors (Lipinski definition) is 5. The maximum absolute atomic E-state index is 13.0. The molecule has 2 aliphatic rings. The first-order valence-corrected chi connectivity index (χ1v) is 13.6. The summed E-state index contributed by atoms with van der Waals surface area (Å²) < 4.78 is 39.1. The second-order valence-corrected chi connectivity index (χ2v) is 10.2. The van der Waals surface area contributed by atoms with Gasteiger partial charge in [-0.3, -0.25) is 14.8 Å². The fourth-order valence-electron chi connectivity index (χ4n) is 3.96. The third-order valence-electron chi connectivity index (χ3n) is 6.72. The first-order chi connectivity index (χ1) is 19.0. The minimum Gasteiger partial charge on any atom is -0.354 e. The number of nitriles is 1. The van der Waals surface area contributed by atoms with E-state index in [0.29, 0.717) is 29.4 Å². The van der Waals surface area contributed by atoms with Crippen LogP contribution in [-0.4, -0.2) is 28.7 Å². The molecule has 2 aromatic rings. The number of aryl methyl sites for hydroxylation is 2. The molecule has 0 radical (unpaired) electrons. The molecule has 9 heteroatoms. The predicted molar refractivity (Wildman–Crippen MR) is 152 cm³/mol. The quantitative estimate of drug-likeness (QED) is 0.381. The van der Waals surface area contributed by atoms with Gasteiger partial charge in [0, 0.05) is 36.6 Å². The van der Waals surface area contributed by atoms with Gasteiger partial charge in [0.2, 0.25) is 5.91 Å². The van der Waals surface area contributed by atoms with E-state index >= 15 is 0 Å². The molecule has 0 spiro atoms. The summed E-state index contributed by atoms with van der Waals surface area (Å²) in [5.41, 5.74) is 2.10. The lowest BCUT2D eigenvalue weighted by atomic mass is 9.88. The van der Waals surface area contributed by atoms with Crippen molar-refractivity contribution in [3.8, 4) is 6.07 Å². The average Bonchev–Trinajstić information content (AvgIpc) is 2.88. The van der Waals surface area contributed by atoms with Gasteiger partial charge in [0.05, 0.1) is 16.8 Å². The highest BCUT2D eigenvalue weighted by molar-refractivity contribution is 5.97. The van der Waals surface area contributed by atoms with Crippen LogP contribution in [0.1, 0.15) is 100 Å². The van der Waals surface area contributed by atoms with Gasteiger partial charge in [-0.15, -0.1) is 0 Å². The summed E-state index contributed by atoms with van der Waals surface area (Å²) in [6.45, 7) is 11.3. The van der Waals surface area contributed by atoms with Gasteiger partial charge in [0.1, 0.15) is 12.9 Å². The fraction of sp³-hybridized carbons (Fsp3) is 0.516. The number of halogens is 3. The Morgan fingerprint density at radius 2 is 1.70 bits per heavy atom. The Hall–Kier alpha value is -3.54. The highest BCUT2D eigenvalue weighted by Gasteiger charge is 2.32. The van der Waals surface area contributed by atoms with E-state index < -0.39 is 11.7 Å². The summed E-state index contributed by atoms with van der Waals surface area (Å²) in [5, 5.41) is 12.5. The normalized spacial score (nSPS) is 15.1. The summed E-state index contributed by atoms with van der Waals surface area (Å²) >= 11 is 0. The molecule has 0 bridgehead atoms. The minimum absolute atomic E-state index is 0.106. The van der Waals surface area contributed by atoms with E-state index in [-0.39, 0.29) is 17.0 Å². The van der Waals surface area contributed by atoms with Gasteiger partial charge in [-0.2, -0.15) is 18.4 Å². The predicted octanol–water partition coefficient (Wildman–Crippen LogP) is 7.64. The SMILES string of the molecule is C=O.CC(=O)NC1CCC1.CC1CCC1.CCC/C(=C(/C#N)c1cc(C(F)(F)F)cnc1C)c1ccc(C)cn1. The number of hydrogen-bond donors (Lipinski definition) is 1. The fourth-order valence-corrected chi connectivity index (χ4v) is 3.96. The number of allylic oxidation sites excluding steroid dienone is 2. The summed E-state index contributed by atoms with van der Waals surface area (Å²) in [6.07, 6.45) is 7.33. The molecule has 2 aliphatic carbocycles. The van der Waals surface area contributed by atoms with E-state index in [1.165, 1.54) is 38.5 Å².